The predicted molar refractivity (Wildman–Crippen MR) is 120 cm³/mol. The summed E-state index contributed by atoms with van der Waals surface area (Å²) in [5.74, 6) is -0.508. The third kappa shape index (κ3) is 6.50. The molecule has 2 N–H and O–H groups in total. The number of carbonyl (C=O) groups is 2. The Kier molecular flexibility index (Phi) is 7.70. The van der Waals surface area contributed by atoms with Gasteiger partial charge in [-0.05, 0) is 47.5 Å². The van der Waals surface area contributed by atoms with Gasteiger partial charge in [0.05, 0.1) is 0 Å². The molecule has 0 aliphatic carbocycles. The van der Waals surface area contributed by atoms with E-state index in [0.29, 0.717) is 23.2 Å². The maximum atomic E-state index is 12.8. The fourth-order valence-electron chi connectivity index (χ4n) is 3.07. The third-order valence-corrected chi connectivity index (χ3v) is 4.61. The molecule has 0 unspecified atom stereocenters. The van der Waals surface area contributed by atoms with Crippen molar-refractivity contribution >= 4 is 23.6 Å². The molecule has 0 heterocycles. The lowest BCUT2D eigenvalue weighted by Crippen LogP contribution is -2.17. The first kappa shape index (κ1) is 22.7. The van der Waals surface area contributed by atoms with Gasteiger partial charge >= 0.3 is 6.61 Å². The molecule has 0 atom stereocenters. The van der Waals surface area contributed by atoms with E-state index in [1.165, 1.54) is 18.2 Å². The number of ether oxygens (including phenoxy) is 1. The van der Waals surface area contributed by atoms with E-state index >= 15 is 0 Å². The van der Waals surface area contributed by atoms with Crippen LogP contribution in [-0.4, -0.2) is 25.5 Å². The van der Waals surface area contributed by atoms with E-state index in [1.807, 2.05) is 30.3 Å². The molecule has 0 spiro atoms. The summed E-state index contributed by atoms with van der Waals surface area (Å²) in [6, 6.07) is 20.7. The fraction of sp³-hybridized carbons (Fsp3) is 0.120. The van der Waals surface area contributed by atoms with Gasteiger partial charge in [0.15, 0.2) is 0 Å². The van der Waals surface area contributed by atoms with Crippen LogP contribution < -0.4 is 15.4 Å². The van der Waals surface area contributed by atoms with Crippen molar-refractivity contribution in [1.82, 2.24) is 5.32 Å². The molecule has 0 bridgehead atoms. The SMILES string of the molecule is CNC(=O)c1ccc(/C=C/C(=O)Nc2ccc(OC(F)F)c(Cc3ccccc3)c2)cc1. The molecular weight excluding hydrogens is 414 g/mol. The molecule has 3 aromatic rings. The summed E-state index contributed by atoms with van der Waals surface area (Å²) in [5, 5.41) is 5.27. The molecule has 0 aromatic heterocycles. The first-order valence-electron chi connectivity index (χ1n) is 9.87. The molecule has 2 amide bonds. The van der Waals surface area contributed by atoms with E-state index in [1.54, 1.807) is 43.5 Å². The summed E-state index contributed by atoms with van der Waals surface area (Å²) in [4.78, 5) is 23.9. The summed E-state index contributed by atoms with van der Waals surface area (Å²) >= 11 is 0. The summed E-state index contributed by atoms with van der Waals surface area (Å²) in [6.07, 6.45) is 3.34. The molecule has 0 saturated carbocycles. The molecular formula is C25H22F2N2O3. The Balaban J connectivity index is 1.71. The highest BCUT2D eigenvalue weighted by atomic mass is 19.3. The highest BCUT2D eigenvalue weighted by Gasteiger charge is 2.12. The van der Waals surface area contributed by atoms with Crippen LogP contribution in [0.15, 0.2) is 78.9 Å². The number of nitrogens with one attached hydrogen (secondary N) is 2. The van der Waals surface area contributed by atoms with Gasteiger partial charge in [0, 0.05) is 36.4 Å². The Morgan fingerprint density at radius 1 is 1.00 bits per heavy atom. The number of benzene rings is 3. The minimum absolute atomic E-state index is 0.0635. The van der Waals surface area contributed by atoms with Gasteiger partial charge in [0.25, 0.3) is 5.91 Å². The van der Waals surface area contributed by atoms with E-state index in [4.69, 9.17) is 0 Å². The normalized spacial score (nSPS) is 10.9. The van der Waals surface area contributed by atoms with Crippen molar-refractivity contribution in [2.45, 2.75) is 13.0 Å². The van der Waals surface area contributed by atoms with Crippen LogP contribution in [0.1, 0.15) is 27.0 Å². The molecule has 3 aromatic carbocycles. The van der Waals surface area contributed by atoms with Gasteiger partial charge in [-0.15, -0.1) is 0 Å². The molecule has 0 aliphatic rings. The number of rotatable bonds is 8. The average molecular weight is 436 g/mol. The number of halogens is 2. The van der Waals surface area contributed by atoms with Crippen molar-refractivity contribution < 1.29 is 23.1 Å². The van der Waals surface area contributed by atoms with E-state index in [0.717, 1.165) is 11.1 Å². The van der Waals surface area contributed by atoms with Gasteiger partial charge in [-0.2, -0.15) is 8.78 Å². The van der Waals surface area contributed by atoms with E-state index in [9.17, 15) is 18.4 Å². The van der Waals surface area contributed by atoms with Gasteiger partial charge in [-0.3, -0.25) is 9.59 Å². The van der Waals surface area contributed by atoms with E-state index < -0.39 is 6.61 Å². The Hall–Kier alpha value is -4.00. The predicted octanol–water partition coefficient (Wildman–Crippen LogP) is 4.89. The van der Waals surface area contributed by atoms with Crippen LogP contribution in [-0.2, 0) is 11.2 Å². The smallest absolute Gasteiger partial charge is 0.387 e. The van der Waals surface area contributed by atoms with Gasteiger partial charge in [-0.25, -0.2) is 0 Å². The second-order valence-electron chi connectivity index (χ2n) is 6.89. The molecule has 0 fully saturated rings. The van der Waals surface area contributed by atoms with Gasteiger partial charge in [-0.1, -0.05) is 42.5 Å². The van der Waals surface area contributed by atoms with Crippen LogP contribution in [0, 0.1) is 0 Å². The lowest BCUT2D eigenvalue weighted by molar-refractivity contribution is -0.111. The summed E-state index contributed by atoms with van der Waals surface area (Å²) in [7, 11) is 1.55. The second kappa shape index (κ2) is 10.9. The van der Waals surface area contributed by atoms with E-state index in [-0.39, 0.29) is 17.6 Å². The quantitative estimate of drug-likeness (QED) is 0.494. The van der Waals surface area contributed by atoms with Crippen LogP contribution in [0.5, 0.6) is 5.75 Å². The van der Waals surface area contributed by atoms with Gasteiger partial charge < -0.3 is 15.4 Å². The molecule has 7 heteroatoms. The number of hydrogen-bond donors (Lipinski definition) is 2. The molecule has 5 nitrogen and oxygen atoms in total. The fourth-order valence-corrected chi connectivity index (χ4v) is 3.07. The highest BCUT2D eigenvalue weighted by Crippen LogP contribution is 2.27. The maximum Gasteiger partial charge on any atom is 0.387 e. The first-order valence-corrected chi connectivity index (χ1v) is 9.87. The maximum absolute atomic E-state index is 12.8. The van der Waals surface area contributed by atoms with Crippen LogP contribution in [0.4, 0.5) is 14.5 Å². The molecule has 0 aliphatic heterocycles. The standard InChI is InChI=1S/C25H22F2N2O3/c1-28-24(31)19-10-7-17(8-11-19)9-14-23(30)29-21-12-13-22(32-25(26)27)20(16-21)15-18-5-3-2-4-6-18/h2-14,16,25H,15H2,1H3,(H,28,31)(H,29,30)/b14-9+. The minimum Gasteiger partial charge on any atom is -0.435 e. The second-order valence-corrected chi connectivity index (χ2v) is 6.89. The zero-order valence-corrected chi connectivity index (χ0v) is 17.3. The summed E-state index contributed by atoms with van der Waals surface area (Å²) in [6.45, 7) is -2.94. The van der Waals surface area contributed by atoms with Crippen molar-refractivity contribution in [1.29, 1.82) is 0 Å². The lowest BCUT2D eigenvalue weighted by atomic mass is 10.0. The van der Waals surface area contributed by atoms with Crippen molar-refractivity contribution in [3.05, 3.63) is 101 Å². The Morgan fingerprint density at radius 3 is 2.38 bits per heavy atom. The minimum atomic E-state index is -2.94. The Bertz CT molecular complexity index is 1100. The molecule has 164 valence electrons. The van der Waals surface area contributed by atoms with Crippen molar-refractivity contribution in [2.75, 3.05) is 12.4 Å². The first-order chi connectivity index (χ1) is 15.4. The number of carbonyl (C=O) groups excluding carboxylic acids is 2. The molecule has 0 radical (unpaired) electrons. The number of amides is 2. The zero-order chi connectivity index (χ0) is 22.9. The lowest BCUT2D eigenvalue weighted by Gasteiger charge is -2.13. The molecule has 32 heavy (non-hydrogen) atoms. The van der Waals surface area contributed by atoms with Gasteiger partial charge in [0.1, 0.15) is 5.75 Å². The largest absolute Gasteiger partial charge is 0.435 e. The Labute approximate surface area is 184 Å². The van der Waals surface area contributed by atoms with Crippen molar-refractivity contribution in [3.8, 4) is 5.75 Å². The highest BCUT2D eigenvalue weighted by molar-refractivity contribution is 6.02. The molecule has 3 rings (SSSR count). The number of alkyl halides is 2. The summed E-state index contributed by atoms with van der Waals surface area (Å²) in [5.41, 5.74) is 3.19. The zero-order valence-electron chi connectivity index (χ0n) is 17.3. The third-order valence-electron chi connectivity index (χ3n) is 4.61. The monoisotopic (exact) mass is 436 g/mol. The van der Waals surface area contributed by atoms with Crippen molar-refractivity contribution in [2.24, 2.45) is 0 Å². The summed E-state index contributed by atoms with van der Waals surface area (Å²) < 4.78 is 30.2. The number of anilines is 1. The van der Waals surface area contributed by atoms with Crippen molar-refractivity contribution in [3.63, 3.8) is 0 Å². The van der Waals surface area contributed by atoms with E-state index in [2.05, 4.69) is 15.4 Å². The van der Waals surface area contributed by atoms with Crippen LogP contribution >= 0.6 is 0 Å². The Morgan fingerprint density at radius 2 is 1.72 bits per heavy atom. The van der Waals surface area contributed by atoms with Crippen LogP contribution in [0.3, 0.4) is 0 Å². The molecule has 0 saturated heterocycles. The van der Waals surface area contributed by atoms with Gasteiger partial charge in [0.2, 0.25) is 5.91 Å². The topological polar surface area (TPSA) is 67.4 Å². The average Bonchev–Trinajstić information content (AvgIpc) is 2.79. The van der Waals surface area contributed by atoms with Crippen LogP contribution in [0.25, 0.3) is 6.08 Å². The number of hydrogen-bond acceptors (Lipinski definition) is 3. The van der Waals surface area contributed by atoms with Crippen LogP contribution in [0.2, 0.25) is 0 Å².